The molecule has 1 aliphatic heterocycles. The van der Waals surface area contributed by atoms with Crippen molar-refractivity contribution in [1.82, 2.24) is 4.90 Å². The molecule has 2 fully saturated rings. The molecule has 2 atom stereocenters. The molecule has 2 nitrogen and oxygen atoms in total. The lowest BCUT2D eigenvalue weighted by atomic mass is 9.62. The molecule has 0 unspecified atom stereocenters. The summed E-state index contributed by atoms with van der Waals surface area (Å²) >= 11 is 0. The normalized spacial score (nSPS) is 31.2. The van der Waals surface area contributed by atoms with E-state index in [0.717, 1.165) is 6.54 Å². The molecule has 18 heavy (non-hydrogen) atoms. The molecule has 1 aromatic rings. The quantitative estimate of drug-likeness (QED) is 0.867. The summed E-state index contributed by atoms with van der Waals surface area (Å²) in [5.41, 5.74) is 8.33. The minimum atomic E-state index is 0.350. The maximum absolute atomic E-state index is 6.37. The van der Waals surface area contributed by atoms with E-state index in [-0.39, 0.29) is 0 Å². The van der Waals surface area contributed by atoms with Crippen LogP contribution in [-0.4, -0.2) is 23.5 Å². The Balaban J connectivity index is 1.73. The summed E-state index contributed by atoms with van der Waals surface area (Å²) in [5, 5.41) is 0. The highest BCUT2D eigenvalue weighted by Gasteiger charge is 2.45. The van der Waals surface area contributed by atoms with Crippen LogP contribution in [0.2, 0.25) is 0 Å². The fraction of sp³-hybridized carbons (Fsp3) is 0.625. The number of piperidine rings is 1. The lowest BCUT2D eigenvalue weighted by Crippen LogP contribution is -2.59. The topological polar surface area (TPSA) is 29.3 Å². The van der Waals surface area contributed by atoms with Crippen LogP contribution >= 0.6 is 0 Å². The Morgan fingerprint density at radius 1 is 1.28 bits per heavy atom. The van der Waals surface area contributed by atoms with E-state index < -0.39 is 0 Å². The van der Waals surface area contributed by atoms with E-state index in [1.165, 1.54) is 37.8 Å². The van der Waals surface area contributed by atoms with E-state index in [0.29, 0.717) is 17.5 Å². The van der Waals surface area contributed by atoms with Crippen molar-refractivity contribution in [1.29, 1.82) is 0 Å². The predicted octanol–water partition coefficient (Wildman–Crippen LogP) is 2.78. The highest BCUT2D eigenvalue weighted by atomic mass is 15.2. The number of likely N-dealkylation sites (tertiary alicyclic amines) is 1. The number of hydrogen-bond acceptors (Lipinski definition) is 2. The van der Waals surface area contributed by atoms with Gasteiger partial charge < -0.3 is 5.73 Å². The molecule has 0 radical (unpaired) electrons. The summed E-state index contributed by atoms with van der Waals surface area (Å²) in [6.07, 6.45) is 5.41. The van der Waals surface area contributed by atoms with E-state index in [1.807, 2.05) is 0 Å². The number of hydrogen-bond donors (Lipinski definition) is 1. The van der Waals surface area contributed by atoms with Crippen molar-refractivity contribution in [2.45, 2.75) is 51.2 Å². The zero-order valence-electron chi connectivity index (χ0n) is 11.3. The Morgan fingerprint density at radius 2 is 2.00 bits per heavy atom. The Labute approximate surface area is 110 Å². The van der Waals surface area contributed by atoms with Gasteiger partial charge in [-0.25, -0.2) is 0 Å². The first kappa shape index (κ1) is 12.2. The SMILES string of the molecule is C[C@H]1[C@H](N)CC2(CCC2)CN1Cc1ccccc1. The van der Waals surface area contributed by atoms with Gasteiger partial charge in [0.05, 0.1) is 0 Å². The van der Waals surface area contributed by atoms with Crippen LogP contribution in [0.25, 0.3) is 0 Å². The molecule has 1 aliphatic carbocycles. The van der Waals surface area contributed by atoms with Gasteiger partial charge in [-0.1, -0.05) is 36.8 Å². The molecular formula is C16H24N2. The number of nitrogens with two attached hydrogens (primary N) is 1. The van der Waals surface area contributed by atoms with Gasteiger partial charge in [-0.05, 0) is 37.2 Å². The molecule has 3 rings (SSSR count). The Hall–Kier alpha value is -0.860. The Morgan fingerprint density at radius 3 is 2.61 bits per heavy atom. The Bertz CT molecular complexity index is 397. The monoisotopic (exact) mass is 244 g/mol. The van der Waals surface area contributed by atoms with E-state index in [9.17, 15) is 0 Å². The average molecular weight is 244 g/mol. The van der Waals surface area contributed by atoms with Crippen molar-refractivity contribution in [2.24, 2.45) is 11.1 Å². The van der Waals surface area contributed by atoms with Crippen molar-refractivity contribution in [3.05, 3.63) is 35.9 Å². The third-order valence-corrected chi connectivity index (χ3v) is 5.05. The minimum absolute atomic E-state index is 0.350. The zero-order chi connectivity index (χ0) is 12.6. The second kappa shape index (κ2) is 4.67. The van der Waals surface area contributed by atoms with E-state index in [2.05, 4.69) is 42.2 Å². The molecule has 1 spiro atoms. The zero-order valence-corrected chi connectivity index (χ0v) is 11.3. The van der Waals surface area contributed by atoms with Gasteiger partial charge in [0.2, 0.25) is 0 Å². The van der Waals surface area contributed by atoms with Crippen LogP contribution in [0.1, 0.15) is 38.2 Å². The maximum atomic E-state index is 6.37. The largest absolute Gasteiger partial charge is 0.326 e. The lowest BCUT2D eigenvalue weighted by Gasteiger charge is -2.53. The Kier molecular flexibility index (Phi) is 3.16. The fourth-order valence-electron chi connectivity index (χ4n) is 3.64. The van der Waals surface area contributed by atoms with Crippen molar-refractivity contribution in [3.8, 4) is 0 Å². The summed E-state index contributed by atoms with van der Waals surface area (Å²) in [6, 6.07) is 11.6. The molecule has 1 heterocycles. The van der Waals surface area contributed by atoms with E-state index in [1.54, 1.807) is 0 Å². The first-order chi connectivity index (χ1) is 8.69. The summed E-state index contributed by atoms with van der Waals surface area (Å²) in [7, 11) is 0. The third kappa shape index (κ3) is 2.19. The first-order valence-corrected chi connectivity index (χ1v) is 7.22. The number of rotatable bonds is 2. The molecule has 1 saturated carbocycles. The van der Waals surface area contributed by atoms with Gasteiger partial charge in [0.15, 0.2) is 0 Å². The number of benzene rings is 1. The standard InChI is InChI=1S/C16H24N2/c1-13-15(17)10-16(8-5-9-16)12-18(13)11-14-6-3-2-4-7-14/h2-4,6-7,13,15H,5,8-12,17H2,1H3/t13-,15+/m0/s1. The van der Waals surface area contributed by atoms with Gasteiger partial charge >= 0.3 is 0 Å². The van der Waals surface area contributed by atoms with Crippen molar-refractivity contribution >= 4 is 0 Å². The molecule has 2 heteroatoms. The highest BCUT2D eigenvalue weighted by molar-refractivity contribution is 5.15. The molecule has 1 saturated heterocycles. The van der Waals surface area contributed by atoms with Gasteiger partial charge in [0.1, 0.15) is 0 Å². The van der Waals surface area contributed by atoms with Crippen LogP contribution in [0, 0.1) is 5.41 Å². The van der Waals surface area contributed by atoms with E-state index >= 15 is 0 Å². The lowest BCUT2D eigenvalue weighted by molar-refractivity contribution is -0.0223. The van der Waals surface area contributed by atoms with Gasteiger partial charge in [-0.15, -0.1) is 0 Å². The smallest absolute Gasteiger partial charge is 0.0237 e. The third-order valence-electron chi connectivity index (χ3n) is 5.05. The summed E-state index contributed by atoms with van der Waals surface area (Å²) in [4.78, 5) is 2.60. The predicted molar refractivity (Wildman–Crippen MR) is 75.2 cm³/mol. The average Bonchev–Trinajstić information content (AvgIpc) is 2.34. The summed E-state index contributed by atoms with van der Waals surface area (Å²) < 4.78 is 0. The molecule has 98 valence electrons. The van der Waals surface area contributed by atoms with E-state index in [4.69, 9.17) is 5.73 Å². The fourth-order valence-corrected chi connectivity index (χ4v) is 3.64. The maximum Gasteiger partial charge on any atom is 0.0237 e. The van der Waals surface area contributed by atoms with Gasteiger partial charge in [0, 0.05) is 25.2 Å². The molecule has 0 bridgehead atoms. The van der Waals surface area contributed by atoms with Crippen molar-refractivity contribution in [3.63, 3.8) is 0 Å². The van der Waals surface area contributed by atoms with Gasteiger partial charge in [-0.3, -0.25) is 4.90 Å². The highest BCUT2D eigenvalue weighted by Crippen LogP contribution is 2.48. The van der Waals surface area contributed by atoms with Crippen molar-refractivity contribution < 1.29 is 0 Å². The van der Waals surface area contributed by atoms with Crippen LogP contribution < -0.4 is 5.73 Å². The van der Waals surface area contributed by atoms with Crippen LogP contribution in [0.5, 0.6) is 0 Å². The molecular weight excluding hydrogens is 220 g/mol. The molecule has 2 N–H and O–H groups in total. The second-order valence-corrected chi connectivity index (χ2v) is 6.35. The molecule has 0 amide bonds. The van der Waals surface area contributed by atoms with Gasteiger partial charge in [-0.2, -0.15) is 0 Å². The van der Waals surface area contributed by atoms with Crippen molar-refractivity contribution in [2.75, 3.05) is 6.54 Å². The van der Waals surface area contributed by atoms with Gasteiger partial charge in [0.25, 0.3) is 0 Å². The molecule has 0 aromatic heterocycles. The van der Waals surface area contributed by atoms with Crippen LogP contribution in [0.4, 0.5) is 0 Å². The second-order valence-electron chi connectivity index (χ2n) is 6.35. The van der Waals surface area contributed by atoms with Crippen LogP contribution in [0.15, 0.2) is 30.3 Å². The van der Waals surface area contributed by atoms with Crippen LogP contribution in [0.3, 0.4) is 0 Å². The summed E-state index contributed by atoms with van der Waals surface area (Å²) in [5.74, 6) is 0. The minimum Gasteiger partial charge on any atom is -0.326 e. The number of nitrogens with zero attached hydrogens (tertiary/aromatic N) is 1. The van der Waals surface area contributed by atoms with Crippen LogP contribution in [-0.2, 0) is 6.54 Å². The summed E-state index contributed by atoms with van der Waals surface area (Å²) in [6.45, 7) is 4.59. The first-order valence-electron chi connectivity index (χ1n) is 7.22. The molecule has 2 aliphatic rings. The molecule has 1 aromatic carbocycles.